The van der Waals surface area contributed by atoms with Crippen LogP contribution >= 0.6 is 0 Å². The number of halogens is 4. The van der Waals surface area contributed by atoms with Crippen molar-refractivity contribution >= 4 is 17.5 Å². The Morgan fingerprint density at radius 1 is 1.00 bits per heavy atom. The SMILES string of the molecule is N=C(CC(=O)c1c(O)c(F)c(F)c(F)c1F)C(=O)O. The molecule has 3 N–H and O–H groups in total. The molecule has 0 saturated heterocycles. The highest BCUT2D eigenvalue weighted by molar-refractivity contribution is 6.38. The number of carbonyl (C=O) groups is 2. The van der Waals surface area contributed by atoms with Crippen LogP contribution in [0.15, 0.2) is 0 Å². The first-order valence-electron chi connectivity index (χ1n) is 4.57. The lowest BCUT2D eigenvalue weighted by atomic mass is 10.0. The second-order valence-corrected chi connectivity index (χ2v) is 3.36. The predicted molar refractivity (Wildman–Crippen MR) is 52.2 cm³/mol. The molecular formula is C10H5F4NO4. The predicted octanol–water partition coefficient (Wildman–Crippen LogP) is 1.63. The van der Waals surface area contributed by atoms with E-state index in [0.717, 1.165) is 0 Å². The van der Waals surface area contributed by atoms with Gasteiger partial charge in [-0.05, 0) is 0 Å². The molecule has 102 valence electrons. The smallest absolute Gasteiger partial charge is 0.349 e. The van der Waals surface area contributed by atoms with E-state index in [2.05, 4.69) is 0 Å². The number of carbonyl (C=O) groups excluding carboxylic acids is 1. The second kappa shape index (κ2) is 5.04. The Labute approximate surface area is 102 Å². The van der Waals surface area contributed by atoms with Crippen LogP contribution < -0.4 is 0 Å². The van der Waals surface area contributed by atoms with Gasteiger partial charge in [-0.25, -0.2) is 18.0 Å². The van der Waals surface area contributed by atoms with Crippen molar-refractivity contribution in [3.8, 4) is 5.75 Å². The third kappa shape index (κ3) is 2.54. The fourth-order valence-electron chi connectivity index (χ4n) is 1.20. The first-order chi connectivity index (χ1) is 8.68. The number of benzene rings is 1. The van der Waals surface area contributed by atoms with E-state index in [4.69, 9.17) is 15.6 Å². The number of aromatic hydroxyl groups is 1. The maximum atomic E-state index is 13.2. The van der Waals surface area contributed by atoms with Crippen LogP contribution in [0.25, 0.3) is 0 Å². The molecule has 0 radical (unpaired) electrons. The van der Waals surface area contributed by atoms with Gasteiger partial charge in [0.15, 0.2) is 23.2 Å². The van der Waals surface area contributed by atoms with Gasteiger partial charge in [0.1, 0.15) is 11.3 Å². The van der Waals surface area contributed by atoms with Crippen molar-refractivity contribution < 1.29 is 37.4 Å². The van der Waals surface area contributed by atoms with Gasteiger partial charge < -0.3 is 10.2 Å². The third-order valence-electron chi connectivity index (χ3n) is 2.12. The van der Waals surface area contributed by atoms with Crippen LogP contribution in [-0.4, -0.2) is 27.7 Å². The maximum absolute atomic E-state index is 13.2. The minimum Gasteiger partial charge on any atom is -0.504 e. The molecule has 0 bridgehead atoms. The number of rotatable bonds is 4. The van der Waals surface area contributed by atoms with Crippen molar-refractivity contribution in [3.63, 3.8) is 0 Å². The summed E-state index contributed by atoms with van der Waals surface area (Å²) in [6, 6.07) is 0. The van der Waals surface area contributed by atoms with E-state index in [1.54, 1.807) is 0 Å². The molecule has 0 aliphatic rings. The molecule has 5 nitrogen and oxygen atoms in total. The Morgan fingerprint density at radius 2 is 1.47 bits per heavy atom. The fourth-order valence-corrected chi connectivity index (χ4v) is 1.20. The number of phenolic OH excluding ortho intramolecular Hbond substituents is 1. The van der Waals surface area contributed by atoms with Gasteiger partial charge in [-0.2, -0.15) is 4.39 Å². The van der Waals surface area contributed by atoms with Crippen molar-refractivity contribution in [3.05, 3.63) is 28.8 Å². The number of carboxylic acid groups (broad SMARTS) is 1. The molecule has 1 rings (SSSR count). The minimum absolute atomic E-state index is 1.19. The molecular weight excluding hydrogens is 274 g/mol. The number of phenols is 1. The van der Waals surface area contributed by atoms with Crippen LogP contribution in [0.4, 0.5) is 17.6 Å². The van der Waals surface area contributed by atoms with E-state index in [0.29, 0.717) is 0 Å². The highest BCUT2D eigenvalue weighted by atomic mass is 19.2. The number of aliphatic carboxylic acids is 1. The molecule has 1 aromatic carbocycles. The molecule has 9 heteroatoms. The quantitative estimate of drug-likeness (QED) is 0.256. The lowest BCUT2D eigenvalue weighted by molar-refractivity contribution is -0.129. The van der Waals surface area contributed by atoms with E-state index in [1.165, 1.54) is 0 Å². The van der Waals surface area contributed by atoms with Gasteiger partial charge in [0.05, 0.1) is 6.42 Å². The normalized spacial score (nSPS) is 10.3. The van der Waals surface area contributed by atoms with Crippen LogP contribution in [0.1, 0.15) is 16.8 Å². The number of Topliss-reactive ketones (excluding diaryl/α,β-unsaturated/α-hetero) is 1. The Bertz CT molecular complexity index is 571. The molecule has 0 heterocycles. The van der Waals surface area contributed by atoms with E-state index in [1.807, 2.05) is 0 Å². The first-order valence-corrected chi connectivity index (χ1v) is 4.57. The van der Waals surface area contributed by atoms with Crippen LogP contribution in [0.3, 0.4) is 0 Å². The summed E-state index contributed by atoms with van der Waals surface area (Å²) in [5.41, 5.74) is -2.73. The molecule has 0 amide bonds. The summed E-state index contributed by atoms with van der Waals surface area (Å²) in [7, 11) is 0. The fraction of sp³-hybridized carbons (Fsp3) is 0.100. The van der Waals surface area contributed by atoms with Crippen molar-refractivity contribution in [2.45, 2.75) is 6.42 Å². The Hall–Kier alpha value is -2.45. The number of nitrogens with one attached hydrogen (secondary N) is 1. The van der Waals surface area contributed by atoms with E-state index in [-0.39, 0.29) is 0 Å². The summed E-state index contributed by atoms with van der Waals surface area (Å²) in [4.78, 5) is 21.6. The average molecular weight is 279 g/mol. The first kappa shape index (κ1) is 14.6. The largest absolute Gasteiger partial charge is 0.504 e. The zero-order valence-electron chi connectivity index (χ0n) is 8.93. The molecule has 0 aliphatic heterocycles. The minimum atomic E-state index is -2.32. The Balaban J connectivity index is 3.32. The van der Waals surface area contributed by atoms with E-state index < -0.39 is 58.5 Å². The van der Waals surface area contributed by atoms with Crippen molar-refractivity contribution in [2.75, 3.05) is 0 Å². The zero-order valence-corrected chi connectivity index (χ0v) is 8.93. The van der Waals surface area contributed by atoms with Crippen molar-refractivity contribution in [1.29, 1.82) is 5.41 Å². The van der Waals surface area contributed by atoms with Crippen LogP contribution in [0, 0.1) is 28.7 Å². The standard InChI is InChI=1S/C10H5F4NO4/c11-5-4(3(16)1-2(15)10(18)19)9(17)8(14)7(13)6(5)12/h15,17H,1H2,(H,18,19). The summed E-state index contributed by atoms with van der Waals surface area (Å²) in [6.45, 7) is 0. The van der Waals surface area contributed by atoms with Crippen molar-refractivity contribution in [1.82, 2.24) is 0 Å². The molecule has 0 aromatic heterocycles. The highest BCUT2D eigenvalue weighted by Gasteiger charge is 2.30. The molecule has 19 heavy (non-hydrogen) atoms. The molecule has 0 aliphatic carbocycles. The summed E-state index contributed by atoms with van der Waals surface area (Å²) < 4.78 is 51.7. The van der Waals surface area contributed by atoms with Crippen LogP contribution in [0.2, 0.25) is 0 Å². The van der Waals surface area contributed by atoms with Gasteiger partial charge in [-0.3, -0.25) is 10.2 Å². The average Bonchev–Trinajstić information content (AvgIpc) is 2.34. The van der Waals surface area contributed by atoms with E-state index in [9.17, 15) is 27.2 Å². The number of hydrogen-bond acceptors (Lipinski definition) is 4. The highest BCUT2D eigenvalue weighted by Crippen LogP contribution is 2.30. The zero-order chi connectivity index (χ0) is 14.9. The molecule has 0 fully saturated rings. The molecule has 0 unspecified atom stereocenters. The molecule has 0 atom stereocenters. The van der Waals surface area contributed by atoms with Gasteiger partial charge >= 0.3 is 5.97 Å². The summed E-state index contributed by atoms with van der Waals surface area (Å²) in [6.07, 6.45) is -1.22. The monoisotopic (exact) mass is 279 g/mol. The topological polar surface area (TPSA) is 98.5 Å². The summed E-state index contributed by atoms with van der Waals surface area (Å²) in [5, 5.41) is 24.2. The van der Waals surface area contributed by atoms with Gasteiger partial charge in [-0.15, -0.1) is 0 Å². The summed E-state index contributed by atoms with van der Waals surface area (Å²) >= 11 is 0. The van der Waals surface area contributed by atoms with Crippen molar-refractivity contribution in [2.24, 2.45) is 0 Å². The van der Waals surface area contributed by atoms with Gasteiger partial charge in [0.2, 0.25) is 11.6 Å². The molecule has 0 saturated carbocycles. The van der Waals surface area contributed by atoms with E-state index >= 15 is 0 Å². The summed E-state index contributed by atoms with van der Waals surface area (Å²) in [5.74, 6) is -14.1. The Morgan fingerprint density at radius 3 is 1.95 bits per heavy atom. The lowest BCUT2D eigenvalue weighted by Gasteiger charge is -2.07. The molecule has 1 aromatic rings. The third-order valence-corrected chi connectivity index (χ3v) is 2.12. The van der Waals surface area contributed by atoms with Crippen LogP contribution in [-0.2, 0) is 4.79 Å². The van der Waals surface area contributed by atoms with Gasteiger partial charge in [0, 0.05) is 0 Å². The Kier molecular flexibility index (Phi) is 3.88. The molecule has 0 spiro atoms. The second-order valence-electron chi connectivity index (χ2n) is 3.36. The van der Waals surface area contributed by atoms with Gasteiger partial charge in [-0.1, -0.05) is 0 Å². The van der Waals surface area contributed by atoms with Crippen LogP contribution in [0.5, 0.6) is 5.75 Å². The number of ketones is 1. The number of carboxylic acids is 1. The lowest BCUT2D eigenvalue weighted by Crippen LogP contribution is -2.18. The number of hydrogen-bond donors (Lipinski definition) is 3. The maximum Gasteiger partial charge on any atom is 0.349 e. The van der Waals surface area contributed by atoms with Gasteiger partial charge in [0.25, 0.3) is 0 Å².